The fourth-order valence-electron chi connectivity index (χ4n) is 3.04. The number of nitrogens with one attached hydrogen (secondary N) is 1. The van der Waals surface area contributed by atoms with Gasteiger partial charge in [0.2, 0.25) is 0 Å². The Balaban J connectivity index is 1.56. The molecule has 1 aromatic carbocycles. The maximum atomic E-state index is 12.0. The van der Waals surface area contributed by atoms with E-state index in [-0.39, 0.29) is 24.4 Å². The highest BCUT2D eigenvalue weighted by Gasteiger charge is 2.49. The summed E-state index contributed by atoms with van der Waals surface area (Å²) in [6.07, 6.45) is -0.881. The molecule has 2 aliphatic heterocycles. The molecule has 2 fully saturated rings. The van der Waals surface area contributed by atoms with E-state index in [1.165, 1.54) is 0 Å². The Morgan fingerprint density at radius 1 is 1.21 bits per heavy atom. The summed E-state index contributed by atoms with van der Waals surface area (Å²) >= 11 is 0. The van der Waals surface area contributed by atoms with Crippen molar-refractivity contribution >= 4 is 6.09 Å². The normalized spacial score (nSPS) is 29.3. The molecular formula is C18H25NO5. The van der Waals surface area contributed by atoms with Gasteiger partial charge in [-0.1, -0.05) is 30.3 Å². The van der Waals surface area contributed by atoms with Gasteiger partial charge in [-0.25, -0.2) is 4.79 Å². The number of benzene rings is 1. The van der Waals surface area contributed by atoms with E-state index in [9.17, 15) is 4.79 Å². The molecule has 1 aromatic rings. The third-order valence-corrected chi connectivity index (χ3v) is 4.08. The number of hydrogen-bond acceptors (Lipinski definition) is 5. The SMILES string of the molecule is CC(C)(C)OC(=O)N[C@H]1CO[C@@H]2OC[C@H](OCc3ccccc3)[C@@H]21. The van der Waals surface area contributed by atoms with Crippen LogP contribution in [0.3, 0.4) is 0 Å². The number of alkyl carbamates (subject to hydrolysis) is 1. The maximum absolute atomic E-state index is 12.0. The molecule has 6 nitrogen and oxygen atoms in total. The minimum absolute atomic E-state index is 0.0266. The van der Waals surface area contributed by atoms with E-state index < -0.39 is 11.7 Å². The standard InChI is InChI=1S/C18H25NO5/c1-18(2,3)24-17(20)19-13-10-22-16-15(13)14(11-23-16)21-9-12-7-5-4-6-8-12/h4-8,13-16H,9-11H2,1-3H3,(H,19,20)/t13-,14-,15-,16+/m0/s1. The van der Waals surface area contributed by atoms with Crippen molar-refractivity contribution < 1.29 is 23.7 Å². The Kier molecular flexibility index (Phi) is 5.08. The summed E-state index contributed by atoms with van der Waals surface area (Å²) in [6.45, 7) is 6.90. The Morgan fingerprint density at radius 3 is 2.62 bits per heavy atom. The summed E-state index contributed by atoms with van der Waals surface area (Å²) in [6, 6.07) is 9.82. The summed E-state index contributed by atoms with van der Waals surface area (Å²) in [5, 5.41) is 2.89. The average molecular weight is 335 g/mol. The highest BCUT2D eigenvalue weighted by atomic mass is 16.7. The first kappa shape index (κ1) is 17.2. The first-order chi connectivity index (χ1) is 11.4. The molecule has 2 heterocycles. The van der Waals surface area contributed by atoms with Crippen molar-refractivity contribution in [1.82, 2.24) is 5.32 Å². The zero-order chi connectivity index (χ0) is 17.2. The van der Waals surface area contributed by atoms with Crippen LogP contribution in [0.2, 0.25) is 0 Å². The summed E-state index contributed by atoms with van der Waals surface area (Å²) < 4.78 is 22.6. The second-order valence-corrected chi connectivity index (χ2v) is 7.20. The molecule has 0 bridgehead atoms. The van der Waals surface area contributed by atoms with Crippen molar-refractivity contribution in [3.63, 3.8) is 0 Å². The van der Waals surface area contributed by atoms with Crippen molar-refractivity contribution in [3.8, 4) is 0 Å². The van der Waals surface area contributed by atoms with Gasteiger partial charge in [0, 0.05) is 0 Å². The Hall–Kier alpha value is -1.63. The zero-order valence-corrected chi connectivity index (χ0v) is 14.4. The van der Waals surface area contributed by atoms with E-state index >= 15 is 0 Å². The van der Waals surface area contributed by atoms with E-state index in [1.807, 2.05) is 51.1 Å². The van der Waals surface area contributed by atoms with Crippen LogP contribution in [0.1, 0.15) is 26.3 Å². The van der Waals surface area contributed by atoms with Gasteiger partial charge in [-0.05, 0) is 26.3 Å². The monoisotopic (exact) mass is 335 g/mol. The van der Waals surface area contributed by atoms with Gasteiger partial charge in [-0.3, -0.25) is 0 Å². The molecule has 3 rings (SSSR count). The summed E-state index contributed by atoms with van der Waals surface area (Å²) in [7, 11) is 0. The maximum Gasteiger partial charge on any atom is 0.407 e. The number of amides is 1. The van der Waals surface area contributed by atoms with Crippen molar-refractivity contribution in [2.24, 2.45) is 5.92 Å². The second kappa shape index (κ2) is 7.09. The number of fused-ring (bicyclic) bond motifs is 1. The number of hydrogen-bond donors (Lipinski definition) is 1. The number of ether oxygens (including phenoxy) is 4. The second-order valence-electron chi connectivity index (χ2n) is 7.20. The minimum Gasteiger partial charge on any atom is -0.444 e. The van der Waals surface area contributed by atoms with Crippen molar-refractivity contribution in [2.75, 3.05) is 13.2 Å². The van der Waals surface area contributed by atoms with Gasteiger partial charge in [-0.2, -0.15) is 0 Å². The van der Waals surface area contributed by atoms with Gasteiger partial charge in [0.25, 0.3) is 0 Å². The summed E-state index contributed by atoms with van der Waals surface area (Å²) in [5.74, 6) is -0.0266. The molecule has 2 saturated heterocycles. The zero-order valence-electron chi connectivity index (χ0n) is 14.4. The van der Waals surface area contributed by atoms with Crippen molar-refractivity contribution in [1.29, 1.82) is 0 Å². The van der Waals surface area contributed by atoms with Crippen LogP contribution in [-0.4, -0.2) is 43.3 Å². The lowest BCUT2D eigenvalue weighted by atomic mass is 9.98. The molecule has 0 unspecified atom stereocenters. The van der Waals surface area contributed by atoms with E-state index in [0.717, 1.165) is 5.56 Å². The van der Waals surface area contributed by atoms with Crippen molar-refractivity contribution in [3.05, 3.63) is 35.9 Å². The van der Waals surface area contributed by atoms with Crippen LogP contribution in [0.5, 0.6) is 0 Å². The predicted octanol–water partition coefficient (Wildman–Crippen LogP) is 2.47. The van der Waals surface area contributed by atoms with Crippen LogP contribution in [0.25, 0.3) is 0 Å². The fourth-order valence-corrected chi connectivity index (χ4v) is 3.04. The lowest BCUT2D eigenvalue weighted by molar-refractivity contribution is -0.0910. The molecule has 4 atom stereocenters. The Bertz CT molecular complexity index is 556. The third-order valence-electron chi connectivity index (χ3n) is 4.08. The fraction of sp³-hybridized carbons (Fsp3) is 0.611. The first-order valence-corrected chi connectivity index (χ1v) is 8.30. The summed E-state index contributed by atoms with van der Waals surface area (Å²) in [5.41, 5.74) is 0.578. The highest BCUT2D eigenvalue weighted by molar-refractivity contribution is 5.68. The molecule has 0 radical (unpaired) electrons. The number of carbonyl (C=O) groups is 1. The van der Waals surface area contributed by atoms with Gasteiger partial charge in [-0.15, -0.1) is 0 Å². The van der Waals surface area contributed by atoms with Gasteiger partial charge in [0.15, 0.2) is 6.29 Å². The molecule has 0 spiro atoms. The summed E-state index contributed by atoms with van der Waals surface area (Å²) in [4.78, 5) is 12.0. The molecule has 0 saturated carbocycles. The quantitative estimate of drug-likeness (QED) is 0.916. The van der Waals surface area contributed by atoms with Gasteiger partial charge >= 0.3 is 6.09 Å². The topological polar surface area (TPSA) is 66.0 Å². The Morgan fingerprint density at radius 2 is 1.92 bits per heavy atom. The van der Waals surface area contributed by atoms with E-state index in [1.54, 1.807) is 0 Å². The van der Waals surface area contributed by atoms with Gasteiger partial charge in [0.05, 0.1) is 37.9 Å². The lowest BCUT2D eigenvalue weighted by Gasteiger charge is -2.25. The van der Waals surface area contributed by atoms with Crippen LogP contribution in [-0.2, 0) is 25.6 Å². The molecule has 24 heavy (non-hydrogen) atoms. The molecule has 1 amide bonds. The van der Waals surface area contributed by atoms with E-state index in [4.69, 9.17) is 18.9 Å². The molecule has 6 heteroatoms. The third kappa shape index (κ3) is 4.26. The number of carbonyl (C=O) groups excluding carboxylic acids is 1. The van der Waals surface area contributed by atoms with E-state index in [2.05, 4.69) is 5.32 Å². The molecule has 2 aliphatic rings. The highest BCUT2D eigenvalue weighted by Crippen LogP contribution is 2.34. The van der Waals surface area contributed by atoms with Crippen LogP contribution >= 0.6 is 0 Å². The van der Waals surface area contributed by atoms with Crippen LogP contribution in [0, 0.1) is 5.92 Å². The lowest BCUT2D eigenvalue weighted by Crippen LogP contribution is -2.46. The van der Waals surface area contributed by atoms with Gasteiger partial charge in [0.1, 0.15) is 5.60 Å². The van der Waals surface area contributed by atoms with Crippen LogP contribution in [0.4, 0.5) is 4.79 Å². The molecule has 0 aliphatic carbocycles. The van der Waals surface area contributed by atoms with E-state index in [0.29, 0.717) is 19.8 Å². The largest absolute Gasteiger partial charge is 0.444 e. The predicted molar refractivity (Wildman–Crippen MR) is 87.4 cm³/mol. The number of rotatable bonds is 4. The minimum atomic E-state index is -0.529. The Labute approximate surface area is 142 Å². The molecule has 1 N–H and O–H groups in total. The molecule has 132 valence electrons. The first-order valence-electron chi connectivity index (χ1n) is 8.30. The molecule has 0 aromatic heterocycles. The van der Waals surface area contributed by atoms with Crippen LogP contribution in [0.15, 0.2) is 30.3 Å². The smallest absolute Gasteiger partial charge is 0.407 e. The average Bonchev–Trinajstić information content (AvgIpc) is 3.08. The molecular weight excluding hydrogens is 310 g/mol. The van der Waals surface area contributed by atoms with Gasteiger partial charge < -0.3 is 24.3 Å². The van der Waals surface area contributed by atoms with Crippen molar-refractivity contribution in [2.45, 2.75) is 51.4 Å². The van der Waals surface area contributed by atoms with Crippen LogP contribution < -0.4 is 5.32 Å².